The van der Waals surface area contributed by atoms with E-state index >= 15 is 0 Å². The molecule has 0 aliphatic carbocycles. The average molecular weight is 287 g/mol. The Morgan fingerprint density at radius 2 is 2.05 bits per heavy atom. The third kappa shape index (κ3) is 3.93. The zero-order valence-electron chi connectivity index (χ0n) is 11.0. The molecule has 0 saturated carbocycles. The number of aliphatic carboxylic acids is 1. The molecule has 6 nitrogen and oxygen atoms in total. The van der Waals surface area contributed by atoms with Crippen molar-refractivity contribution in [2.24, 2.45) is 5.41 Å². The third-order valence-electron chi connectivity index (χ3n) is 2.63. The number of nitrogens with one attached hydrogen (secondary N) is 1. The molecule has 0 fully saturated rings. The smallest absolute Gasteiger partial charge is 0.310 e. The molecule has 2 N–H and O–H groups in total. The van der Waals surface area contributed by atoms with E-state index in [0.29, 0.717) is 5.75 Å². The van der Waals surface area contributed by atoms with Gasteiger partial charge in [-0.2, -0.15) is 0 Å². The number of ether oxygens (including phenoxy) is 1. The number of hydrogen-bond acceptors (Lipinski definition) is 4. The molecule has 0 aliphatic heterocycles. The van der Waals surface area contributed by atoms with Crippen LogP contribution < -0.4 is 9.46 Å². The van der Waals surface area contributed by atoms with Crippen LogP contribution in [-0.2, 0) is 14.8 Å². The molecule has 1 aromatic rings. The molecule has 106 valence electrons. The summed E-state index contributed by atoms with van der Waals surface area (Å²) in [6.45, 7) is 2.70. The van der Waals surface area contributed by atoms with Crippen molar-refractivity contribution in [1.29, 1.82) is 0 Å². The summed E-state index contributed by atoms with van der Waals surface area (Å²) in [5.41, 5.74) is -1.17. The van der Waals surface area contributed by atoms with Crippen LogP contribution in [0.4, 0.5) is 0 Å². The second kappa shape index (κ2) is 5.58. The second-order valence-electron chi connectivity index (χ2n) is 4.69. The number of hydrogen-bond donors (Lipinski definition) is 2. The number of carbonyl (C=O) groups is 1. The standard InChI is InChI=1S/C12H17NO5S/c1-12(2,11(14)15)8-13-19(16,17)10-6-4-5-9(7-10)18-3/h4-7,13H,8H2,1-3H3,(H,14,15). The largest absolute Gasteiger partial charge is 0.497 e. The van der Waals surface area contributed by atoms with Crippen molar-refractivity contribution in [2.45, 2.75) is 18.7 Å². The Labute approximate surface area is 112 Å². The summed E-state index contributed by atoms with van der Waals surface area (Å²) in [5, 5.41) is 8.94. The van der Waals surface area contributed by atoms with E-state index in [1.165, 1.54) is 33.1 Å². The highest BCUT2D eigenvalue weighted by molar-refractivity contribution is 7.89. The van der Waals surface area contributed by atoms with Gasteiger partial charge < -0.3 is 9.84 Å². The van der Waals surface area contributed by atoms with E-state index in [-0.39, 0.29) is 11.4 Å². The zero-order chi connectivity index (χ0) is 14.7. The van der Waals surface area contributed by atoms with E-state index in [1.807, 2.05) is 0 Å². The molecule has 19 heavy (non-hydrogen) atoms. The maximum absolute atomic E-state index is 12.0. The van der Waals surface area contributed by atoms with Crippen LogP contribution in [0.5, 0.6) is 5.75 Å². The first-order valence-corrected chi connectivity index (χ1v) is 7.04. The minimum absolute atomic E-state index is 0.0352. The van der Waals surface area contributed by atoms with Crippen molar-refractivity contribution in [1.82, 2.24) is 4.72 Å². The van der Waals surface area contributed by atoms with Gasteiger partial charge in [-0.1, -0.05) is 6.07 Å². The first kappa shape index (κ1) is 15.5. The van der Waals surface area contributed by atoms with E-state index in [0.717, 1.165) is 0 Å². The highest BCUT2D eigenvalue weighted by Crippen LogP contribution is 2.19. The van der Waals surface area contributed by atoms with Gasteiger partial charge >= 0.3 is 5.97 Å². The molecule has 0 amide bonds. The first-order valence-electron chi connectivity index (χ1n) is 5.56. The van der Waals surface area contributed by atoms with Crippen LogP contribution in [0, 0.1) is 5.41 Å². The second-order valence-corrected chi connectivity index (χ2v) is 6.46. The molecule has 0 saturated heterocycles. The SMILES string of the molecule is COc1cccc(S(=O)(=O)NCC(C)(C)C(=O)O)c1. The Balaban J connectivity index is 2.90. The number of methoxy groups -OCH3 is 1. The van der Waals surface area contributed by atoms with Gasteiger partial charge in [-0.05, 0) is 26.0 Å². The topological polar surface area (TPSA) is 92.7 Å². The van der Waals surface area contributed by atoms with Gasteiger partial charge in [0.25, 0.3) is 0 Å². The Bertz CT molecular complexity index is 565. The molecule has 0 unspecified atom stereocenters. The first-order chi connectivity index (χ1) is 8.69. The summed E-state index contributed by atoms with van der Waals surface area (Å²) in [5.74, 6) is -0.652. The van der Waals surface area contributed by atoms with Crippen LogP contribution >= 0.6 is 0 Å². The van der Waals surface area contributed by atoms with Gasteiger partial charge in [-0.3, -0.25) is 4.79 Å². The monoisotopic (exact) mass is 287 g/mol. The summed E-state index contributed by atoms with van der Waals surface area (Å²) in [4.78, 5) is 11.0. The summed E-state index contributed by atoms with van der Waals surface area (Å²) in [7, 11) is -2.32. The van der Waals surface area contributed by atoms with Crippen molar-refractivity contribution in [3.8, 4) is 5.75 Å². The highest BCUT2D eigenvalue weighted by atomic mass is 32.2. The van der Waals surface area contributed by atoms with E-state index in [1.54, 1.807) is 12.1 Å². The van der Waals surface area contributed by atoms with Crippen LogP contribution in [0.15, 0.2) is 29.2 Å². The van der Waals surface area contributed by atoms with Crippen LogP contribution in [0.2, 0.25) is 0 Å². The molecule has 0 spiro atoms. The number of sulfonamides is 1. The molecule has 0 aromatic heterocycles. The zero-order valence-corrected chi connectivity index (χ0v) is 11.8. The summed E-state index contributed by atoms with van der Waals surface area (Å²) in [6.07, 6.45) is 0. The summed E-state index contributed by atoms with van der Waals surface area (Å²) < 4.78 is 31.3. The average Bonchev–Trinajstić information content (AvgIpc) is 2.36. The lowest BCUT2D eigenvalue weighted by atomic mass is 9.95. The fourth-order valence-electron chi connectivity index (χ4n) is 1.20. The van der Waals surface area contributed by atoms with Gasteiger partial charge in [0.2, 0.25) is 10.0 Å². The van der Waals surface area contributed by atoms with E-state index in [9.17, 15) is 13.2 Å². The Morgan fingerprint density at radius 3 is 2.58 bits per heavy atom. The van der Waals surface area contributed by atoms with E-state index < -0.39 is 21.4 Å². The van der Waals surface area contributed by atoms with Crippen molar-refractivity contribution in [2.75, 3.05) is 13.7 Å². The van der Waals surface area contributed by atoms with E-state index in [2.05, 4.69) is 4.72 Å². The molecule has 1 rings (SSSR count). The minimum atomic E-state index is -3.75. The summed E-state index contributed by atoms with van der Waals surface area (Å²) in [6, 6.07) is 5.96. The van der Waals surface area contributed by atoms with Crippen LogP contribution in [-0.4, -0.2) is 33.1 Å². The molecule has 0 bridgehead atoms. The van der Waals surface area contributed by atoms with Gasteiger partial charge in [-0.15, -0.1) is 0 Å². The van der Waals surface area contributed by atoms with Gasteiger partial charge in [-0.25, -0.2) is 13.1 Å². The molecule has 7 heteroatoms. The Kier molecular flexibility index (Phi) is 4.54. The lowest BCUT2D eigenvalue weighted by Gasteiger charge is -2.19. The molecule has 0 heterocycles. The molecule has 0 atom stereocenters. The van der Waals surface area contributed by atoms with Gasteiger partial charge in [0.05, 0.1) is 17.4 Å². The molecule has 0 aliphatic rings. The molecule has 0 radical (unpaired) electrons. The van der Waals surface area contributed by atoms with Gasteiger partial charge in [0.15, 0.2) is 0 Å². The highest BCUT2D eigenvalue weighted by Gasteiger charge is 2.29. The number of carboxylic acid groups (broad SMARTS) is 1. The number of rotatable bonds is 6. The van der Waals surface area contributed by atoms with Crippen molar-refractivity contribution < 1.29 is 23.1 Å². The molecular weight excluding hydrogens is 270 g/mol. The quantitative estimate of drug-likeness (QED) is 0.817. The predicted molar refractivity (Wildman–Crippen MR) is 69.6 cm³/mol. The van der Waals surface area contributed by atoms with Crippen LogP contribution in [0.1, 0.15) is 13.8 Å². The number of carboxylic acids is 1. The molecular formula is C12H17NO5S. The van der Waals surface area contributed by atoms with Crippen LogP contribution in [0.3, 0.4) is 0 Å². The van der Waals surface area contributed by atoms with Crippen molar-refractivity contribution in [3.63, 3.8) is 0 Å². The third-order valence-corrected chi connectivity index (χ3v) is 4.03. The van der Waals surface area contributed by atoms with Crippen molar-refractivity contribution >= 4 is 16.0 Å². The lowest BCUT2D eigenvalue weighted by Crippen LogP contribution is -2.38. The fraction of sp³-hybridized carbons (Fsp3) is 0.417. The minimum Gasteiger partial charge on any atom is -0.497 e. The van der Waals surface area contributed by atoms with Gasteiger partial charge in [0.1, 0.15) is 5.75 Å². The maximum Gasteiger partial charge on any atom is 0.310 e. The number of benzene rings is 1. The lowest BCUT2D eigenvalue weighted by molar-refractivity contribution is -0.146. The predicted octanol–water partition coefficient (Wildman–Crippen LogP) is 1.08. The normalized spacial score (nSPS) is 12.2. The fourth-order valence-corrected chi connectivity index (χ4v) is 2.45. The Hall–Kier alpha value is -1.60. The molecule has 1 aromatic carbocycles. The summed E-state index contributed by atoms with van der Waals surface area (Å²) >= 11 is 0. The van der Waals surface area contributed by atoms with Crippen molar-refractivity contribution in [3.05, 3.63) is 24.3 Å². The van der Waals surface area contributed by atoms with E-state index in [4.69, 9.17) is 9.84 Å². The Morgan fingerprint density at radius 1 is 1.42 bits per heavy atom. The van der Waals surface area contributed by atoms with Crippen LogP contribution in [0.25, 0.3) is 0 Å². The van der Waals surface area contributed by atoms with Gasteiger partial charge in [0, 0.05) is 12.6 Å². The maximum atomic E-state index is 12.0.